The van der Waals surface area contributed by atoms with Crippen molar-refractivity contribution in [3.63, 3.8) is 0 Å². The third-order valence-corrected chi connectivity index (χ3v) is 8.14. The number of rotatable bonds is 3. The standard InChI is InChI=1S/C35H22BrN3/c36-24-9-7-8-22(18-24)29-21-32-30(25-10-1-3-12-31(25)38-32)20-28(29)23-15-16-27-26-11-2-4-13-33(26)39(34(27)19-23)35-14-5-6-17-37-35/h1-21,38H. The predicted molar refractivity (Wildman–Crippen MR) is 167 cm³/mol. The number of nitrogens with one attached hydrogen (secondary N) is 1. The van der Waals surface area contributed by atoms with Gasteiger partial charge in [0.25, 0.3) is 0 Å². The maximum Gasteiger partial charge on any atom is 0.137 e. The Morgan fingerprint density at radius 3 is 2.18 bits per heavy atom. The molecule has 184 valence electrons. The molecule has 39 heavy (non-hydrogen) atoms. The van der Waals surface area contributed by atoms with Crippen LogP contribution in [0.4, 0.5) is 0 Å². The van der Waals surface area contributed by atoms with Gasteiger partial charge in [0.1, 0.15) is 5.82 Å². The third-order valence-electron chi connectivity index (χ3n) is 7.64. The Morgan fingerprint density at radius 1 is 0.538 bits per heavy atom. The smallest absolute Gasteiger partial charge is 0.137 e. The first-order valence-corrected chi connectivity index (χ1v) is 13.8. The molecular formula is C35H22BrN3. The molecule has 4 heteroatoms. The molecule has 0 aliphatic heterocycles. The SMILES string of the molecule is Brc1cccc(-c2cc3[nH]c4ccccc4c3cc2-c2ccc3c4ccccc4n(-c4ccccn4)c3c2)c1. The second kappa shape index (κ2) is 8.69. The van der Waals surface area contributed by atoms with Gasteiger partial charge in [-0.05, 0) is 76.9 Å². The highest BCUT2D eigenvalue weighted by Gasteiger charge is 2.17. The number of halogens is 1. The number of aromatic nitrogens is 3. The lowest BCUT2D eigenvalue weighted by atomic mass is 9.92. The van der Waals surface area contributed by atoms with Crippen molar-refractivity contribution in [3.8, 4) is 28.1 Å². The number of benzene rings is 5. The molecule has 1 N–H and O–H groups in total. The van der Waals surface area contributed by atoms with E-state index in [1.807, 2.05) is 18.3 Å². The number of hydrogen-bond acceptors (Lipinski definition) is 1. The Morgan fingerprint density at radius 2 is 1.31 bits per heavy atom. The van der Waals surface area contributed by atoms with Gasteiger partial charge < -0.3 is 4.98 Å². The lowest BCUT2D eigenvalue weighted by molar-refractivity contribution is 1.08. The van der Waals surface area contributed by atoms with E-state index in [-0.39, 0.29) is 0 Å². The highest BCUT2D eigenvalue weighted by molar-refractivity contribution is 9.10. The molecule has 0 saturated carbocycles. The quantitative estimate of drug-likeness (QED) is 0.228. The van der Waals surface area contributed by atoms with Crippen LogP contribution in [0.5, 0.6) is 0 Å². The zero-order valence-electron chi connectivity index (χ0n) is 20.9. The van der Waals surface area contributed by atoms with E-state index in [2.05, 4.69) is 135 Å². The number of hydrogen-bond donors (Lipinski definition) is 1. The molecular weight excluding hydrogens is 542 g/mol. The number of pyridine rings is 1. The summed E-state index contributed by atoms with van der Waals surface area (Å²) in [6, 6.07) is 43.2. The molecule has 8 aromatic rings. The minimum atomic E-state index is 0.917. The van der Waals surface area contributed by atoms with Crippen molar-refractivity contribution in [2.75, 3.05) is 0 Å². The van der Waals surface area contributed by atoms with Crippen molar-refractivity contribution in [1.82, 2.24) is 14.5 Å². The van der Waals surface area contributed by atoms with E-state index >= 15 is 0 Å². The Kier molecular flexibility index (Phi) is 4.97. The van der Waals surface area contributed by atoms with Crippen LogP contribution >= 0.6 is 15.9 Å². The molecule has 5 aromatic carbocycles. The minimum absolute atomic E-state index is 0.917. The van der Waals surface area contributed by atoms with Gasteiger partial charge in [-0.2, -0.15) is 0 Å². The highest BCUT2D eigenvalue weighted by atomic mass is 79.9. The summed E-state index contributed by atoms with van der Waals surface area (Å²) >= 11 is 3.69. The van der Waals surface area contributed by atoms with Crippen LogP contribution < -0.4 is 0 Å². The van der Waals surface area contributed by atoms with Crippen molar-refractivity contribution >= 4 is 59.5 Å². The fourth-order valence-corrected chi connectivity index (χ4v) is 6.30. The average molecular weight is 564 g/mol. The molecule has 3 nitrogen and oxygen atoms in total. The maximum atomic E-state index is 4.72. The molecule has 0 aliphatic carbocycles. The Hall–Kier alpha value is -4.67. The van der Waals surface area contributed by atoms with Gasteiger partial charge in [-0.3, -0.25) is 4.57 Å². The van der Waals surface area contributed by atoms with Crippen molar-refractivity contribution < 1.29 is 0 Å². The minimum Gasteiger partial charge on any atom is -0.354 e. The van der Waals surface area contributed by atoms with Crippen LogP contribution in [0.1, 0.15) is 0 Å². The first kappa shape index (κ1) is 22.3. The van der Waals surface area contributed by atoms with Crippen LogP contribution in [0.3, 0.4) is 0 Å². The monoisotopic (exact) mass is 563 g/mol. The summed E-state index contributed by atoms with van der Waals surface area (Å²) in [5.74, 6) is 0.917. The van der Waals surface area contributed by atoms with Crippen LogP contribution in [0.15, 0.2) is 132 Å². The van der Waals surface area contributed by atoms with E-state index in [9.17, 15) is 0 Å². The summed E-state index contributed by atoms with van der Waals surface area (Å²) in [6.45, 7) is 0. The summed E-state index contributed by atoms with van der Waals surface area (Å²) in [7, 11) is 0. The molecule has 0 radical (unpaired) electrons. The van der Waals surface area contributed by atoms with Gasteiger partial charge in [0.05, 0.1) is 11.0 Å². The first-order chi connectivity index (χ1) is 19.2. The number of fused-ring (bicyclic) bond motifs is 6. The largest absolute Gasteiger partial charge is 0.354 e. The summed E-state index contributed by atoms with van der Waals surface area (Å²) < 4.78 is 3.34. The van der Waals surface area contributed by atoms with Crippen LogP contribution in [-0.2, 0) is 0 Å². The Labute approximate surface area is 233 Å². The van der Waals surface area contributed by atoms with E-state index in [0.717, 1.165) is 32.4 Å². The molecule has 0 unspecified atom stereocenters. The lowest BCUT2D eigenvalue weighted by Crippen LogP contribution is -1.96. The molecule has 0 fully saturated rings. The summed E-state index contributed by atoms with van der Waals surface area (Å²) in [6.07, 6.45) is 1.86. The molecule has 3 heterocycles. The van der Waals surface area contributed by atoms with Gasteiger partial charge in [0, 0.05) is 43.2 Å². The number of H-pyrrole nitrogens is 1. The number of aromatic amines is 1. The van der Waals surface area contributed by atoms with Crippen molar-refractivity contribution in [2.24, 2.45) is 0 Å². The van der Waals surface area contributed by atoms with E-state index in [1.165, 1.54) is 43.8 Å². The normalized spacial score (nSPS) is 11.7. The van der Waals surface area contributed by atoms with E-state index in [0.29, 0.717) is 0 Å². The highest BCUT2D eigenvalue weighted by Crippen LogP contribution is 2.41. The molecule has 0 bridgehead atoms. The van der Waals surface area contributed by atoms with Gasteiger partial charge in [0.2, 0.25) is 0 Å². The molecule has 0 amide bonds. The molecule has 0 aliphatic rings. The van der Waals surface area contributed by atoms with Crippen LogP contribution in [0.25, 0.3) is 71.7 Å². The van der Waals surface area contributed by atoms with E-state index in [1.54, 1.807) is 0 Å². The van der Waals surface area contributed by atoms with Crippen molar-refractivity contribution in [2.45, 2.75) is 0 Å². The first-order valence-electron chi connectivity index (χ1n) is 13.0. The lowest BCUT2D eigenvalue weighted by Gasteiger charge is -2.13. The van der Waals surface area contributed by atoms with Gasteiger partial charge in [-0.1, -0.05) is 82.7 Å². The molecule has 0 spiro atoms. The Balaban J connectivity index is 1.47. The molecule has 8 rings (SSSR count). The second-order valence-electron chi connectivity index (χ2n) is 9.90. The molecule has 3 aromatic heterocycles. The van der Waals surface area contributed by atoms with Crippen LogP contribution in [0.2, 0.25) is 0 Å². The maximum absolute atomic E-state index is 4.72. The predicted octanol–water partition coefficient (Wildman–Crippen LogP) is 9.91. The summed E-state index contributed by atoms with van der Waals surface area (Å²) in [5.41, 5.74) is 9.32. The number of para-hydroxylation sites is 2. The fraction of sp³-hybridized carbons (Fsp3) is 0. The second-order valence-corrected chi connectivity index (χ2v) is 10.8. The summed E-state index contributed by atoms with van der Waals surface area (Å²) in [4.78, 5) is 8.36. The van der Waals surface area contributed by atoms with Gasteiger partial charge in [-0.25, -0.2) is 4.98 Å². The van der Waals surface area contributed by atoms with Gasteiger partial charge in [0.15, 0.2) is 0 Å². The topological polar surface area (TPSA) is 33.6 Å². The Bertz CT molecular complexity index is 2190. The molecule has 0 atom stereocenters. The van der Waals surface area contributed by atoms with Crippen LogP contribution in [-0.4, -0.2) is 14.5 Å². The van der Waals surface area contributed by atoms with Crippen LogP contribution in [0, 0.1) is 0 Å². The van der Waals surface area contributed by atoms with Gasteiger partial charge in [-0.15, -0.1) is 0 Å². The third kappa shape index (κ3) is 3.53. The molecule has 0 saturated heterocycles. The zero-order valence-corrected chi connectivity index (χ0v) is 22.5. The van der Waals surface area contributed by atoms with E-state index in [4.69, 9.17) is 4.98 Å². The van der Waals surface area contributed by atoms with Gasteiger partial charge >= 0.3 is 0 Å². The fourth-order valence-electron chi connectivity index (χ4n) is 5.90. The zero-order chi connectivity index (χ0) is 25.9. The average Bonchev–Trinajstić information content (AvgIpc) is 3.51. The van der Waals surface area contributed by atoms with E-state index < -0.39 is 0 Å². The number of nitrogens with zero attached hydrogens (tertiary/aromatic N) is 2. The van der Waals surface area contributed by atoms with Crippen molar-refractivity contribution in [3.05, 3.63) is 132 Å². The van der Waals surface area contributed by atoms with Crippen molar-refractivity contribution in [1.29, 1.82) is 0 Å². The summed E-state index contributed by atoms with van der Waals surface area (Å²) in [5, 5.41) is 4.91.